The molecule has 5 heteroatoms. The number of ether oxygens (including phenoxy) is 1. The molecule has 2 fully saturated rings. The molecule has 0 aliphatic carbocycles. The Morgan fingerprint density at radius 2 is 1.75 bits per heavy atom. The summed E-state index contributed by atoms with van der Waals surface area (Å²) < 4.78 is 4.72. The molecule has 0 unspecified atom stereocenters. The van der Waals surface area contributed by atoms with Crippen molar-refractivity contribution < 1.29 is 19.4 Å². The van der Waals surface area contributed by atoms with Crippen molar-refractivity contribution >= 4 is 11.9 Å². The molecule has 146 valence electrons. The Kier molecular flexibility index (Phi) is 4.94. The van der Waals surface area contributed by atoms with Crippen molar-refractivity contribution in [1.29, 1.82) is 0 Å². The lowest BCUT2D eigenvalue weighted by Gasteiger charge is -2.36. The minimum Gasteiger partial charge on any atom is -0.465 e. The Labute approximate surface area is 164 Å². The van der Waals surface area contributed by atoms with Crippen molar-refractivity contribution in [2.24, 2.45) is 5.41 Å². The molecule has 2 aliphatic rings. The number of carbonyl (C=O) groups excluding carboxylic acids is 2. The largest absolute Gasteiger partial charge is 0.465 e. The van der Waals surface area contributed by atoms with Gasteiger partial charge in [0.15, 0.2) is 0 Å². The van der Waals surface area contributed by atoms with Crippen LogP contribution in [-0.2, 0) is 11.2 Å². The Balaban J connectivity index is 1.57. The Morgan fingerprint density at radius 3 is 2.39 bits per heavy atom. The van der Waals surface area contributed by atoms with Gasteiger partial charge in [-0.05, 0) is 55.5 Å². The number of nitrogens with zero attached hydrogens (tertiary/aromatic N) is 1. The summed E-state index contributed by atoms with van der Waals surface area (Å²) in [6.45, 7) is 0.0775. The fraction of sp³-hybridized carbons (Fsp3) is 0.391. The average molecular weight is 379 g/mol. The van der Waals surface area contributed by atoms with Crippen molar-refractivity contribution in [3.05, 3.63) is 71.3 Å². The minimum atomic E-state index is -0.414. The summed E-state index contributed by atoms with van der Waals surface area (Å²) in [5.74, 6) is -0.435. The molecule has 2 aromatic rings. The Bertz CT molecular complexity index is 864. The number of rotatable bonds is 5. The highest BCUT2D eigenvalue weighted by Gasteiger charge is 2.57. The normalized spacial score (nSPS) is 25.7. The van der Waals surface area contributed by atoms with Crippen LogP contribution in [0.3, 0.4) is 0 Å². The second-order valence-electron chi connectivity index (χ2n) is 7.92. The average Bonchev–Trinajstić information content (AvgIpc) is 3.29. The van der Waals surface area contributed by atoms with Crippen LogP contribution in [0.2, 0.25) is 0 Å². The van der Waals surface area contributed by atoms with E-state index < -0.39 is 5.97 Å². The van der Waals surface area contributed by atoms with Gasteiger partial charge in [0.1, 0.15) is 0 Å². The maximum absolute atomic E-state index is 13.2. The van der Waals surface area contributed by atoms with E-state index in [-0.39, 0.29) is 30.0 Å². The zero-order valence-corrected chi connectivity index (χ0v) is 16.0. The van der Waals surface area contributed by atoms with E-state index in [0.717, 1.165) is 25.7 Å². The van der Waals surface area contributed by atoms with Gasteiger partial charge in [-0.25, -0.2) is 4.79 Å². The van der Waals surface area contributed by atoms with Gasteiger partial charge >= 0.3 is 5.97 Å². The van der Waals surface area contributed by atoms with Crippen LogP contribution >= 0.6 is 0 Å². The van der Waals surface area contributed by atoms with Gasteiger partial charge in [-0.1, -0.05) is 30.3 Å². The number of benzene rings is 2. The number of methoxy groups -OCH3 is 1. The molecule has 2 saturated heterocycles. The van der Waals surface area contributed by atoms with Crippen LogP contribution in [-0.4, -0.2) is 47.7 Å². The van der Waals surface area contributed by atoms with Crippen LogP contribution in [0, 0.1) is 5.41 Å². The van der Waals surface area contributed by atoms with Gasteiger partial charge in [0.2, 0.25) is 0 Å². The zero-order chi connectivity index (χ0) is 19.7. The maximum atomic E-state index is 13.2. The number of carbonyl (C=O) groups is 2. The number of amides is 1. The lowest BCUT2D eigenvalue weighted by Crippen LogP contribution is -2.43. The third kappa shape index (κ3) is 3.10. The molecular formula is C23H25NO4. The van der Waals surface area contributed by atoms with Crippen molar-refractivity contribution in [2.75, 3.05) is 13.7 Å². The van der Waals surface area contributed by atoms with Gasteiger partial charge in [-0.3, -0.25) is 4.79 Å². The summed E-state index contributed by atoms with van der Waals surface area (Å²) in [5.41, 5.74) is 1.90. The lowest BCUT2D eigenvalue weighted by atomic mass is 9.70. The molecule has 3 atom stereocenters. The van der Waals surface area contributed by atoms with E-state index in [9.17, 15) is 14.7 Å². The number of esters is 1. The van der Waals surface area contributed by atoms with Crippen LogP contribution in [0.15, 0.2) is 54.6 Å². The summed E-state index contributed by atoms with van der Waals surface area (Å²) in [6, 6.07) is 17.0. The molecule has 2 aromatic carbocycles. The predicted octanol–water partition coefficient (Wildman–Crippen LogP) is 3.07. The summed E-state index contributed by atoms with van der Waals surface area (Å²) in [4.78, 5) is 26.8. The quantitative estimate of drug-likeness (QED) is 0.811. The van der Waals surface area contributed by atoms with E-state index >= 15 is 0 Å². The van der Waals surface area contributed by atoms with Crippen LogP contribution < -0.4 is 0 Å². The molecule has 2 heterocycles. The number of hydrogen-bond acceptors (Lipinski definition) is 4. The van der Waals surface area contributed by atoms with Crippen LogP contribution in [0.1, 0.15) is 45.5 Å². The molecule has 28 heavy (non-hydrogen) atoms. The zero-order valence-electron chi connectivity index (χ0n) is 16.0. The SMILES string of the molecule is COC(=O)c1ccc(C(=O)N2[C@@H]3CC[C@H]2[C@](CO)(Cc2ccccc2)C3)cc1. The van der Waals surface area contributed by atoms with Gasteiger partial charge in [0.25, 0.3) is 5.91 Å². The van der Waals surface area contributed by atoms with Crippen LogP contribution in [0.5, 0.6) is 0 Å². The second kappa shape index (κ2) is 7.40. The first-order chi connectivity index (χ1) is 13.6. The molecule has 1 N–H and O–H groups in total. The number of aliphatic hydroxyl groups is 1. The lowest BCUT2D eigenvalue weighted by molar-refractivity contribution is 0.0567. The van der Waals surface area contributed by atoms with Gasteiger partial charge in [0.05, 0.1) is 19.3 Å². The molecule has 5 nitrogen and oxygen atoms in total. The smallest absolute Gasteiger partial charge is 0.337 e. The maximum Gasteiger partial charge on any atom is 0.337 e. The van der Waals surface area contributed by atoms with Gasteiger partial charge in [-0.15, -0.1) is 0 Å². The van der Waals surface area contributed by atoms with Gasteiger partial charge in [-0.2, -0.15) is 0 Å². The van der Waals surface area contributed by atoms with Crippen molar-refractivity contribution in [3.63, 3.8) is 0 Å². The Morgan fingerprint density at radius 1 is 1.07 bits per heavy atom. The summed E-state index contributed by atoms with van der Waals surface area (Å²) in [5, 5.41) is 10.3. The topological polar surface area (TPSA) is 66.8 Å². The molecule has 4 rings (SSSR count). The van der Waals surface area contributed by atoms with E-state index in [1.54, 1.807) is 24.3 Å². The molecule has 0 saturated carbocycles. The van der Waals surface area contributed by atoms with Crippen LogP contribution in [0.25, 0.3) is 0 Å². The fourth-order valence-corrected chi connectivity index (χ4v) is 5.03. The van der Waals surface area contributed by atoms with Gasteiger partial charge in [0, 0.05) is 23.1 Å². The molecule has 0 spiro atoms. The van der Waals surface area contributed by atoms with Gasteiger partial charge < -0.3 is 14.7 Å². The number of hydrogen-bond donors (Lipinski definition) is 1. The first-order valence-corrected chi connectivity index (χ1v) is 9.74. The van der Waals surface area contributed by atoms with E-state index in [0.29, 0.717) is 11.1 Å². The fourth-order valence-electron chi connectivity index (χ4n) is 5.03. The number of fused-ring (bicyclic) bond motifs is 2. The molecular weight excluding hydrogens is 354 g/mol. The molecule has 2 bridgehead atoms. The highest BCUT2D eigenvalue weighted by molar-refractivity contribution is 5.97. The van der Waals surface area contributed by atoms with Crippen molar-refractivity contribution in [2.45, 2.75) is 37.8 Å². The number of aliphatic hydroxyl groups excluding tert-OH is 1. The predicted molar refractivity (Wildman–Crippen MR) is 105 cm³/mol. The van der Waals surface area contributed by atoms with E-state index in [4.69, 9.17) is 4.74 Å². The molecule has 2 aliphatic heterocycles. The second-order valence-corrected chi connectivity index (χ2v) is 7.92. The van der Waals surface area contributed by atoms with Crippen molar-refractivity contribution in [3.8, 4) is 0 Å². The third-order valence-electron chi connectivity index (χ3n) is 6.35. The van der Waals surface area contributed by atoms with Crippen molar-refractivity contribution in [1.82, 2.24) is 4.90 Å². The van der Waals surface area contributed by atoms with E-state index in [1.165, 1.54) is 12.7 Å². The minimum absolute atomic E-state index is 0.0210. The summed E-state index contributed by atoms with van der Waals surface area (Å²) in [6.07, 6.45) is 3.50. The molecule has 0 aromatic heterocycles. The van der Waals surface area contributed by atoms with E-state index in [2.05, 4.69) is 12.1 Å². The Hall–Kier alpha value is -2.66. The highest BCUT2D eigenvalue weighted by atomic mass is 16.5. The first kappa shape index (κ1) is 18.7. The highest BCUT2D eigenvalue weighted by Crippen LogP contribution is 2.51. The molecule has 1 amide bonds. The first-order valence-electron chi connectivity index (χ1n) is 9.74. The van der Waals surface area contributed by atoms with Crippen LogP contribution in [0.4, 0.5) is 0 Å². The third-order valence-corrected chi connectivity index (χ3v) is 6.35. The molecule has 0 radical (unpaired) electrons. The standard InChI is InChI=1S/C23H25NO4/c1-28-22(27)18-9-7-17(8-10-18)21(26)24-19-11-12-20(24)23(14-19,15-25)13-16-5-3-2-4-6-16/h2-10,19-20,25H,11-15H2,1H3/t19-,20+,23-/m1/s1. The summed E-state index contributed by atoms with van der Waals surface area (Å²) >= 11 is 0. The summed E-state index contributed by atoms with van der Waals surface area (Å²) in [7, 11) is 1.34. The monoisotopic (exact) mass is 379 g/mol. The van der Waals surface area contributed by atoms with E-state index in [1.807, 2.05) is 23.1 Å².